The molecule has 6 heteroatoms. The van der Waals surface area contributed by atoms with E-state index >= 15 is 0 Å². The molecule has 3 rings (SSSR count). The number of para-hydroxylation sites is 1. The molecule has 2 aromatic rings. The monoisotopic (exact) mass is 284 g/mol. The second kappa shape index (κ2) is 5.40. The molecule has 1 aromatic heterocycles. The molecule has 1 aliphatic heterocycles. The lowest BCUT2D eigenvalue weighted by Gasteiger charge is -2.21. The molecule has 1 aromatic carbocycles. The first kappa shape index (κ1) is 13.4. The number of carbonyl (C=O) groups is 1. The van der Waals surface area contributed by atoms with E-state index in [9.17, 15) is 4.79 Å². The van der Waals surface area contributed by atoms with Gasteiger partial charge in [0.15, 0.2) is 0 Å². The summed E-state index contributed by atoms with van der Waals surface area (Å²) in [5.74, 6) is 2.14. The maximum absolute atomic E-state index is 11.3. The van der Waals surface area contributed by atoms with Crippen molar-refractivity contribution in [1.29, 1.82) is 0 Å². The van der Waals surface area contributed by atoms with Crippen LogP contribution in [0.3, 0.4) is 0 Å². The molecule has 1 aliphatic rings. The number of nitrogens with zero attached hydrogens (tertiary/aromatic N) is 3. The third-order valence-electron chi connectivity index (χ3n) is 3.36. The normalized spacial score (nSPS) is 16.7. The summed E-state index contributed by atoms with van der Waals surface area (Å²) in [6.45, 7) is 2.50. The predicted octanol–water partition coefficient (Wildman–Crippen LogP) is 1.93. The number of aryl methyl sites for hydroxylation is 1. The molecule has 21 heavy (non-hydrogen) atoms. The summed E-state index contributed by atoms with van der Waals surface area (Å²) in [4.78, 5) is 15.8. The number of aromatic nitrogens is 2. The third kappa shape index (κ3) is 2.29. The third-order valence-corrected chi connectivity index (χ3v) is 3.36. The van der Waals surface area contributed by atoms with Gasteiger partial charge in [-0.1, -0.05) is 12.1 Å². The quantitative estimate of drug-likeness (QED) is 0.871. The Balaban J connectivity index is 2.06. The molecule has 2 heterocycles. The summed E-state index contributed by atoms with van der Waals surface area (Å²) in [5.41, 5.74) is 1.61. The Bertz CT molecular complexity index is 705. The molecule has 0 fully saturated rings. The minimum absolute atomic E-state index is 0.542. The van der Waals surface area contributed by atoms with Crippen molar-refractivity contribution in [2.24, 2.45) is 12.0 Å². The van der Waals surface area contributed by atoms with Crippen LogP contribution in [0.2, 0.25) is 0 Å². The average Bonchev–Trinajstić information content (AvgIpc) is 2.89. The van der Waals surface area contributed by atoms with Crippen LogP contribution < -0.4 is 10.1 Å². The lowest BCUT2D eigenvalue weighted by Crippen LogP contribution is -2.23. The molecule has 0 radical (unpaired) electrons. The van der Waals surface area contributed by atoms with Crippen molar-refractivity contribution in [3.05, 3.63) is 41.6 Å². The number of anilines is 1. The van der Waals surface area contributed by atoms with Crippen LogP contribution in [0.4, 0.5) is 5.82 Å². The lowest BCUT2D eigenvalue weighted by molar-refractivity contribution is -0.108. The van der Waals surface area contributed by atoms with Crippen LogP contribution in [0.25, 0.3) is 0 Å². The summed E-state index contributed by atoms with van der Waals surface area (Å²) >= 11 is 0. The minimum atomic E-state index is -0.542. The van der Waals surface area contributed by atoms with Crippen molar-refractivity contribution < 1.29 is 9.53 Å². The summed E-state index contributed by atoms with van der Waals surface area (Å²) in [7, 11) is 1.82. The van der Waals surface area contributed by atoms with Crippen LogP contribution in [0, 0.1) is 0 Å². The molecule has 1 atom stereocenters. The molecule has 0 saturated carbocycles. The Morgan fingerprint density at radius 1 is 1.43 bits per heavy atom. The van der Waals surface area contributed by atoms with Crippen molar-refractivity contribution in [2.75, 3.05) is 11.9 Å². The number of hydrogen-bond acceptors (Lipinski definition) is 5. The number of ether oxygens (including phenoxy) is 1. The second-order valence-corrected chi connectivity index (χ2v) is 4.68. The van der Waals surface area contributed by atoms with Gasteiger partial charge in [-0.05, 0) is 19.1 Å². The maximum atomic E-state index is 11.3. The van der Waals surface area contributed by atoms with Crippen molar-refractivity contribution in [3.8, 4) is 5.75 Å². The van der Waals surface area contributed by atoms with Crippen LogP contribution in [-0.2, 0) is 11.8 Å². The van der Waals surface area contributed by atoms with Gasteiger partial charge in [-0.15, -0.1) is 0 Å². The van der Waals surface area contributed by atoms with E-state index in [1.807, 2.05) is 38.2 Å². The van der Waals surface area contributed by atoms with Crippen molar-refractivity contribution in [2.45, 2.75) is 13.0 Å². The van der Waals surface area contributed by atoms with Gasteiger partial charge in [0.2, 0.25) is 0 Å². The van der Waals surface area contributed by atoms with Gasteiger partial charge >= 0.3 is 0 Å². The largest absolute Gasteiger partial charge is 0.493 e. The highest BCUT2D eigenvalue weighted by Gasteiger charge is 2.26. The van der Waals surface area contributed by atoms with Gasteiger partial charge in [-0.2, -0.15) is 5.10 Å². The number of aliphatic imine (C=N–C) groups is 1. The summed E-state index contributed by atoms with van der Waals surface area (Å²) in [6.07, 6.45) is 2.49. The topological polar surface area (TPSA) is 68.5 Å². The van der Waals surface area contributed by atoms with Crippen LogP contribution in [-0.4, -0.2) is 28.5 Å². The number of fused-ring (bicyclic) bond motifs is 1. The van der Waals surface area contributed by atoms with E-state index in [1.54, 1.807) is 10.9 Å². The number of rotatable bonds is 4. The lowest BCUT2D eigenvalue weighted by atomic mass is 10.1. The first-order chi connectivity index (χ1) is 10.2. The highest BCUT2D eigenvalue weighted by molar-refractivity contribution is 6.11. The van der Waals surface area contributed by atoms with Gasteiger partial charge in [-0.3, -0.25) is 9.67 Å². The van der Waals surface area contributed by atoms with Crippen LogP contribution in [0.1, 0.15) is 24.1 Å². The zero-order valence-electron chi connectivity index (χ0n) is 11.9. The minimum Gasteiger partial charge on any atom is -0.493 e. The number of benzene rings is 1. The Labute approximate surface area is 122 Å². The SMILES string of the molecule is CCOc1ccccc1C1=NC(C=O)c2cnn(C)c2N1. The molecule has 108 valence electrons. The van der Waals surface area contributed by atoms with Crippen molar-refractivity contribution in [1.82, 2.24) is 9.78 Å². The number of nitrogens with one attached hydrogen (secondary N) is 1. The molecular weight excluding hydrogens is 268 g/mol. The van der Waals surface area contributed by atoms with Gasteiger partial charge in [0, 0.05) is 12.6 Å². The molecule has 0 bridgehead atoms. The molecule has 0 spiro atoms. The van der Waals surface area contributed by atoms with E-state index in [0.29, 0.717) is 12.4 Å². The number of hydrogen-bond donors (Lipinski definition) is 1. The molecule has 0 saturated heterocycles. The molecular formula is C15H16N4O2. The predicted molar refractivity (Wildman–Crippen MR) is 79.8 cm³/mol. The fourth-order valence-electron chi connectivity index (χ4n) is 2.36. The molecule has 6 nitrogen and oxygen atoms in total. The summed E-state index contributed by atoms with van der Waals surface area (Å²) in [6, 6.07) is 7.08. The first-order valence-electron chi connectivity index (χ1n) is 6.78. The van der Waals surface area contributed by atoms with E-state index in [2.05, 4.69) is 15.4 Å². The molecule has 0 aliphatic carbocycles. The smallest absolute Gasteiger partial charge is 0.149 e. The van der Waals surface area contributed by atoms with Crippen molar-refractivity contribution in [3.63, 3.8) is 0 Å². The van der Waals surface area contributed by atoms with E-state index in [0.717, 1.165) is 29.0 Å². The molecule has 1 N–H and O–H groups in total. The van der Waals surface area contributed by atoms with Gasteiger partial charge in [-0.25, -0.2) is 0 Å². The Kier molecular flexibility index (Phi) is 3.43. The van der Waals surface area contributed by atoms with Crippen LogP contribution >= 0.6 is 0 Å². The number of carbonyl (C=O) groups excluding carboxylic acids is 1. The zero-order chi connectivity index (χ0) is 14.8. The van der Waals surface area contributed by atoms with Crippen LogP contribution in [0.15, 0.2) is 35.5 Å². The molecule has 1 unspecified atom stereocenters. The van der Waals surface area contributed by atoms with Gasteiger partial charge < -0.3 is 14.8 Å². The fraction of sp³-hybridized carbons (Fsp3) is 0.267. The van der Waals surface area contributed by atoms with E-state index in [4.69, 9.17) is 4.74 Å². The molecule has 0 amide bonds. The maximum Gasteiger partial charge on any atom is 0.149 e. The van der Waals surface area contributed by atoms with Gasteiger partial charge in [0.25, 0.3) is 0 Å². The highest BCUT2D eigenvalue weighted by Crippen LogP contribution is 2.31. The summed E-state index contributed by atoms with van der Waals surface area (Å²) < 4.78 is 7.33. The number of amidine groups is 1. The van der Waals surface area contributed by atoms with E-state index in [-0.39, 0.29) is 0 Å². The second-order valence-electron chi connectivity index (χ2n) is 4.68. The van der Waals surface area contributed by atoms with Crippen LogP contribution in [0.5, 0.6) is 5.75 Å². The van der Waals surface area contributed by atoms with Gasteiger partial charge in [0.05, 0.1) is 18.4 Å². The average molecular weight is 284 g/mol. The van der Waals surface area contributed by atoms with E-state index in [1.165, 1.54) is 0 Å². The van der Waals surface area contributed by atoms with Gasteiger partial charge in [0.1, 0.15) is 29.7 Å². The summed E-state index contributed by atoms with van der Waals surface area (Å²) in [5, 5.41) is 7.41. The van der Waals surface area contributed by atoms with E-state index < -0.39 is 6.04 Å². The highest BCUT2D eigenvalue weighted by atomic mass is 16.5. The Morgan fingerprint density at radius 2 is 2.24 bits per heavy atom. The standard InChI is InChI=1S/C15H16N4O2/c1-3-21-13-7-5-4-6-10(13)14-17-12(9-20)11-8-16-19(2)15(11)18-14/h4-9,12H,3H2,1-2H3,(H,17,18). The van der Waals surface area contributed by atoms with Crippen molar-refractivity contribution >= 4 is 17.9 Å². The fourth-order valence-corrected chi connectivity index (χ4v) is 2.36. The zero-order valence-corrected chi connectivity index (χ0v) is 11.9. The number of aldehydes is 1. The first-order valence-corrected chi connectivity index (χ1v) is 6.78. The Hall–Kier alpha value is -2.63. The Morgan fingerprint density at radius 3 is 3.00 bits per heavy atom.